The van der Waals surface area contributed by atoms with E-state index in [0.29, 0.717) is 0 Å². The van der Waals surface area contributed by atoms with Gasteiger partial charge < -0.3 is 5.32 Å². The Labute approximate surface area is 128 Å². The Morgan fingerprint density at radius 1 is 1.18 bits per heavy atom. The minimum atomic E-state index is -4.54. The number of carbonyl (C=O) groups excluding carboxylic acids is 1. The molecule has 22 heavy (non-hydrogen) atoms. The number of amides is 1. The van der Waals surface area contributed by atoms with Gasteiger partial charge in [0.05, 0.1) is 27.9 Å². The Kier molecular flexibility index (Phi) is 4.38. The predicted molar refractivity (Wildman–Crippen MR) is 75.6 cm³/mol. The number of carbonyl (C=O) groups is 1. The van der Waals surface area contributed by atoms with E-state index in [0.717, 1.165) is 18.2 Å². The average molecular weight is 325 g/mol. The van der Waals surface area contributed by atoms with Crippen LogP contribution in [-0.2, 0) is 6.18 Å². The molecule has 0 unspecified atom stereocenters. The van der Waals surface area contributed by atoms with Crippen LogP contribution < -0.4 is 5.32 Å². The van der Waals surface area contributed by atoms with Crippen molar-refractivity contribution in [3.05, 3.63) is 64.2 Å². The largest absolute Gasteiger partial charge is 0.416 e. The van der Waals surface area contributed by atoms with Crippen LogP contribution in [-0.4, -0.2) is 5.91 Å². The van der Waals surface area contributed by atoms with Gasteiger partial charge in [-0.2, -0.15) is 18.4 Å². The summed E-state index contributed by atoms with van der Waals surface area (Å²) < 4.78 is 38.0. The number of hydrogen-bond acceptors (Lipinski definition) is 2. The van der Waals surface area contributed by atoms with Crippen molar-refractivity contribution in [1.82, 2.24) is 0 Å². The van der Waals surface area contributed by atoms with E-state index >= 15 is 0 Å². The van der Waals surface area contributed by atoms with Crippen LogP contribution in [0.3, 0.4) is 0 Å². The van der Waals surface area contributed by atoms with Gasteiger partial charge in [-0.05, 0) is 36.4 Å². The molecule has 2 rings (SSSR count). The van der Waals surface area contributed by atoms with Gasteiger partial charge >= 0.3 is 6.18 Å². The van der Waals surface area contributed by atoms with E-state index in [-0.39, 0.29) is 21.8 Å². The maximum Gasteiger partial charge on any atom is 0.416 e. The summed E-state index contributed by atoms with van der Waals surface area (Å²) in [5, 5.41) is 11.1. The number of halogens is 4. The molecule has 0 bridgehead atoms. The Morgan fingerprint density at radius 2 is 1.91 bits per heavy atom. The molecule has 0 saturated heterocycles. The van der Waals surface area contributed by atoms with Gasteiger partial charge in [-0.15, -0.1) is 0 Å². The van der Waals surface area contributed by atoms with Crippen molar-refractivity contribution < 1.29 is 18.0 Å². The van der Waals surface area contributed by atoms with Crippen LogP contribution in [0.5, 0.6) is 0 Å². The van der Waals surface area contributed by atoms with E-state index in [9.17, 15) is 18.0 Å². The number of nitrogens with one attached hydrogen (secondary N) is 1. The molecule has 0 aliphatic rings. The second-order valence-corrected chi connectivity index (χ2v) is 4.75. The molecular formula is C15H8ClF3N2O. The van der Waals surface area contributed by atoms with Gasteiger partial charge in [-0.3, -0.25) is 4.79 Å². The first-order valence-corrected chi connectivity index (χ1v) is 6.37. The molecule has 2 aromatic carbocycles. The first kappa shape index (κ1) is 15.9. The van der Waals surface area contributed by atoms with Crippen LogP contribution in [0.25, 0.3) is 0 Å². The molecule has 0 fully saturated rings. The van der Waals surface area contributed by atoms with E-state index in [1.54, 1.807) is 0 Å². The fourth-order valence-electron chi connectivity index (χ4n) is 1.72. The van der Waals surface area contributed by atoms with Crippen LogP contribution in [0.15, 0.2) is 42.5 Å². The fraction of sp³-hybridized carbons (Fsp3) is 0.0667. The Hall–Kier alpha value is -2.52. The first-order valence-electron chi connectivity index (χ1n) is 5.99. The zero-order valence-corrected chi connectivity index (χ0v) is 11.7. The van der Waals surface area contributed by atoms with Gasteiger partial charge in [-0.25, -0.2) is 0 Å². The van der Waals surface area contributed by atoms with Crippen LogP contribution in [0.4, 0.5) is 18.9 Å². The zero-order chi connectivity index (χ0) is 16.3. The van der Waals surface area contributed by atoms with Crippen molar-refractivity contribution >= 4 is 23.2 Å². The van der Waals surface area contributed by atoms with Gasteiger partial charge in [0.2, 0.25) is 0 Å². The van der Waals surface area contributed by atoms with Crippen LogP contribution in [0.2, 0.25) is 5.02 Å². The lowest BCUT2D eigenvalue weighted by atomic mass is 10.1. The van der Waals surface area contributed by atoms with Crippen molar-refractivity contribution in [2.45, 2.75) is 6.18 Å². The highest BCUT2D eigenvalue weighted by Gasteiger charge is 2.31. The Morgan fingerprint density at radius 3 is 2.55 bits per heavy atom. The molecule has 0 saturated carbocycles. The molecule has 0 radical (unpaired) electrons. The maximum atomic E-state index is 12.7. The molecule has 3 nitrogen and oxygen atoms in total. The molecule has 2 aromatic rings. The van der Waals surface area contributed by atoms with Crippen LogP contribution in [0.1, 0.15) is 21.5 Å². The monoisotopic (exact) mass is 324 g/mol. The third-order valence-electron chi connectivity index (χ3n) is 2.80. The van der Waals surface area contributed by atoms with Gasteiger partial charge in [0.25, 0.3) is 5.91 Å². The number of alkyl halides is 3. The van der Waals surface area contributed by atoms with Crippen LogP contribution >= 0.6 is 11.6 Å². The quantitative estimate of drug-likeness (QED) is 0.885. The Balaban J connectivity index is 2.30. The van der Waals surface area contributed by atoms with Gasteiger partial charge in [0.1, 0.15) is 0 Å². The molecule has 1 amide bonds. The molecule has 0 aliphatic carbocycles. The molecule has 7 heteroatoms. The molecular weight excluding hydrogens is 317 g/mol. The number of rotatable bonds is 2. The minimum absolute atomic E-state index is 0.0159. The summed E-state index contributed by atoms with van der Waals surface area (Å²) in [6, 6.07) is 10.3. The van der Waals surface area contributed by atoms with Crippen molar-refractivity contribution in [1.29, 1.82) is 5.26 Å². The molecule has 0 atom stereocenters. The van der Waals surface area contributed by atoms with Crippen LogP contribution in [0, 0.1) is 11.3 Å². The predicted octanol–water partition coefficient (Wildman–Crippen LogP) is 4.48. The van der Waals surface area contributed by atoms with Gasteiger partial charge in [0, 0.05) is 5.56 Å². The van der Waals surface area contributed by atoms with Crippen molar-refractivity contribution in [3.63, 3.8) is 0 Å². The number of anilines is 1. The number of nitriles is 1. The summed E-state index contributed by atoms with van der Waals surface area (Å²) in [7, 11) is 0. The van der Waals surface area contributed by atoms with Gasteiger partial charge in [-0.1, -0.05) is 17.7 Å². The minimum Gasteiger partial charge on any atom is -0.321 e. The van der Waals surface area contributed by atoms with Crippen molar-refractivity contribution in [2.75, 3.05) is 5.32 Å². The maximum absolute atomic E-state index is 12.7. The topological polar surface area (TPSA) is 52.9 Å². The molecule has 0 aromatic heterocycles. The molecule has 0 heterocycles. The highest BCUT2D eigenvalue weighted by Crippen LogP contribution is 2.33. The van der Waals surface area contributed by atoms with E-state index in [1.165, 1.54) is 24.3 Å². The van der Waals surface area contributed by atoms with E-state index in [1.807, 2.05) is 6.07 Å². The second kappa shape index (κ2) is 6.08. The molecule has 1 N–H and O–H groups in total. The SMILES string of the molecule is N#Cc1cccc(C(=O)Nc2cc(C(F)(F)F)ccc2Cl)c1. The summed E-state index contributed by atoms with van der Waals surface area (Å²) >= 11 is 5.80. The summed E-state index contributed by atoms with van der Waals surface area (Å²) in [5.74, 6) is -0.654. The highest BCUT2D eigenvalue weighted by molar-refractivity contribution is 6.34. The summed E-state index contributed by atoms with van der Waals surface area (Å²) in [4.78, 5) is 12.0. The summed E-state index contributed by atoms with van der Waals surface area (Å²) in [5.41, 5.74) is -0.655. The zero-order valence-electron chi connectivity index (χ0n) is 10.9. The summed E-state index contributed by atoms with van der Waals surface area (Å²) in [6.45, 7) is 0. The Bertz CT molecular complexity index is 766. The number of hydrogen-bond donors (Lipinski definition) is 1. The third-order valence-corrected chi connectivity index (χ3v) is 3.13. The normalized spacial score (nSPS) is 10.9. The lowest BCUT2D eigenvalue weighted by molar-refractivity contribution is -0.137. The third kappa shape index (κ3) is 3.57. The fourth-order valence-corrected chi connectivity index (χ4v) is 1.89. The number of benzene rings is 2. The van der Waals surface area contributed by atoms with Crippen molar-refractivity contribution in [3.8, 4) is 6.07 Å². The number of nitrogens with zero attached hydrogens (tertiary/aromatic N) is 1. The molecule has 112 valence electrons. The standard InChI is InChI=1S/C15H8ClF3N2O/c16-12-5-4-11(15(17,18)19)7-13(12)21-14(22)10-3-1-2-9(6-10)8-20/h1-7H,(H,21,22). The van der Waals surface area contributed by atoms with Gasteiger partial charge in [0.15, 0.2) is 0 Å². The molecule has 0 spiro atoms. The van der Waals surface area contributed by atoms with E-state index in [2.05, 4.69) is 5.32 Å². The lowest BCUT2D eigenvalue weighted by Gasteiger charge is -2.11. The smallest absolute Gasteiger partial charge is 0.321 e. The summed E-state index contributed by atoms with van der Waals surface area (Å²) in [6.07, 6.45) is -4.54. The van der Waals surface area contributed by atoms with Crippen molar-refractivity contribution in [2.24, 2.45) is 0 Å². The molecule has 0 aliphatic heterocycles. The average Bonchev–Trinajstić information content (AvgIpc) is 2.48. The van der Waals surface area contributed by atoms with E-state index < -0.39 is 17.6 Å². The highest BCUT2D eigenvalue weighted by atomic mass is 35.5. The first-order chi connectivity index (χ1) is 10.3. The second-order valence-electron chi connectivity index (χ2n) is 4.34. The van der Waals surface area contributed by atoms with E-state index in [4.69, 9.17) is 16.9 Å². The lowest BCUT2D eigenvalue weighted by Crippen LogP contribution is -2.13.